The van der Waals surface area contributed by atoms with E-state index in [0.717, 1.165) is 0 Å². The number of amides is 2. The molecule has 0 saturated carbocycles. The maximum absolute atomic E-state index is 12.9. The molecular weight excluding hydrogens is 455 g/mol. The number of aliphatic hydroxyl groups excluding tert-OH is 1. The van der Waals surface area contributed by atoms with Crippen molar-refractivity contribution in [2.45, 2.75) is 57.5 Å². The Labute approximate surface area is 189 Å². The summed E-state index contributed by atoms with van der Waals surface area (Å²) in [7, 11) is -0.294. The molecule has 9 nitrogen and oxygen atoms in total. The molecule has 0 aromatic rings. The van der Waals surface area contributed by atoms with Crippen LogP contribution in [-0.2, 0) is 30.0 Å². The minimum atomic E-state index is -5.20. The summed E-state index contributed by atoms with van der Waals surface area (Å²) < 4.78 is 43.8. The Morgan fingerprint density at radius 1 is 1.16 bits per heavy atom. The number of carbonyl (C=O) groups excluding carboxylic acids is 2. The highest BCUT2D eigenvalue weighted by molar-refractivity contribution is 7.96. The van der Waals surface area contributed by atoms with Gasteiger partial charge in [-0.15, -0.1) is 0 Å². The third-order valence-corrected chi connectivity index (χ3v) is 6.23. The summed E-state index contributed by atoms with van der Waals surface area (Å²) >= 11 is 0. The predicted molar refractivity (Wildman–Crippen MR) is 115 cm³/mol. The number of nitrogens with zero attached hydrogens (tertiary/aromatic N) is 1. The van der Waals surface area contributed by atoms with Gasteiger partial charge in [0, 0.05) is 19.6 Å². The number of rotatable bonds is 15. The number of hydrogen-bond donors (Lipinski definition) is 4. The van der Waals surface area contributed by atoms with Crippen LogP contribution in [0.15, 0.2) is 0 Å². The van der Waals surface area contributed by atoms with Crippen LogP contribution in [0.5, 0.6) is 0 Å². The smallest absolute Gasteiger partial charge is 0.471 e. The van der Waals surface area contributed by atoms with Crippen LogP contribution in [0.4, 0.5) is 13.2 Å². The lowest BCUT2D eigenvalue weighted by Crippen LogP contribution is -2.52. The average Bonchev–Trinajstić information content (AvgIpc) is 2.66. The van der Waals surface area contributed by atoms with Crippen LogP contribution in [0.3, 0.4) is 0 Å². The standard InChI is InChI=1S/C19H34F3N3O6S/c1-12(2)9-15(24)16(27)25(18(30)19(20,21)22)6-4-7-31-10-13(26)11-32(3)8-5-14(23)17(28)29/h12-15,26H,4-11,23-24H2,1-3H3/p+1/t13?,14-,15-,32?/m0/s1. The number of carbonyl (C=O) groups is 3. The van der Waals surface area contributed by atoms with Crippen molar-refractivity contribution >= 4 is 28.7 Å². The first-order valence-corrected chi connectivity index (χ1v) is 12.1. The molecule has 6 N–H and O–H groups in total. The average molecular weight is 491 g/mol. The number of carboxylic acid groups (broad SMARTS) is 1. The first kappa shape index (κ1) is 30.6. The number of imide groups is 1. The Balaban J connectivity index is 4.51. The second-order valence-electron chi connectivity index (χ2n) is 8.00. The molecular formula is C19H35F3N3O6S+. The zero-order valence-corrected chi connectivity index (χ0v) is 19.5. The molecule has 0 aromatic carbocycles. The molecule has 0 aliphatic rings. The molecule has 4 atom stereocenters. The molecule has 188 valence electrons. The molecule has 0 aliphatic carbocycles. The fraction of sp³-hybridized carbons (Fsp3) is 0.842. The number of nitrogens with two attached hydrogens (primary N) is 2. The molecule has 13 heteroatoms. The Hall–Kier alpha value is -1.41. The van der Waals surface area contributed by atoms with Gasteiger partial charge in [-0.1, -0.05) is 13.8 Å². The van der Waals surface area contributed by atoms with Crippen molar-refractivity contribution in [2.75, 3.05) is 37.5 Å². The van der Waals surface area contributed by atoms with Crippen LogP contribution < -0.4 is 11.5 Å². The van der Waals surface area contributed by atoms with Gasteiger partial charge in [0.1, 0.15) is 23.7 Å². The molecule has 0 heterocycles. The van der Waals surface area contributed by atoms with Gasteiger partial charge in [-0.2, -0.15) is 13.2 Å². The Morgan fingerprint density at radius 3 is 2.25 bits per heavy atom. The lowest BCUT2D eigenvalue weighted by molar-refractivity contribution is -0.188. The summed E-state index contributed by atoms with van der Waals surface area (Å²) in [6.45, 7) is 2.84. The van der Waals surface area contributed by atoms with E-state index in [1.165, 1.54) is 0 Å². The van der Waals surface area contributed by atoms with Gasteiger partial charge in [-0.05, 0) is 29.7 Å². The topological polar surface area (TPSA) is 156 Å². The maximum atomic E-state index is 12.9. The van der Waals surface area contributed by atoms with Crippen LogP contribution in [0.1, 0.15) is 33.1 Å². The highest BCUT2D eigenvalue weighted by Crippen LogP contribution is 2.20. The Morgan fingerprint density at radius 2 is 1.75 bits per heavy atom. The lowest BCUT2D eigenvalue weighted by Gasteiger charge is -2.25. The van der Waals surface area contributed by atoms with E-state index in [1.54, 1.807) is 13.8 Å². The normalized spacial score (nSPS) is 15.8. The van der Waals surface area contributed by atoms with Crippen LogP contribution in [0.25, 0.3) is 0 Å². The van der Waals surface area contributed by atoms with Crippen molar-refractivity contribution in [1.82, 2.24) is 4.90 Å². The summed E-state index contributed by atoms with van der Waals surface area (Å²) in [5.74, 6) is -3.60. The van der Waals surface area contributed by atoms with E-state index >= 15 is 0 Å². The molecule has 0 rings (SSSR count). The highest BCUT2D eigenvalue weighted by Gasteiger charge is 2.45. The van der Waals surface area contributed by atoms with Crippen LogP contribution in [0, 0.1) is 5.92 Å². The molecule has 2 unspecified atom stereocenters. The molecule has 0 spiro atoms. The number of hydrogen-bond acceptors (Lipinski definition) is 7. The van der Waals surface area contributed by atoms with Gasteiger partial charge in [0.05, 0.1) is 18.9 Å². The second kappa shape index (κ2) is 14.7. The van der Waals surface area contributed by atoms with Crippen molar-refractivity contribution in [3.8, 4) is 0 Å². The van der Waals surface area contributed by atoms with Crippen molar-refractivity contribution < 1.29 is 42.5 Å². The zero-order chi connectivity index (χ0) is 25.1. The first-order chi connectivity index (χ1) is 14.7. The fourth-order valence-electron chi connectivity index (χ4n) is 2.73. The zero-order valence-electron chi connectivity index (χ0n) is 18.6. The van der Waals surface area contributed by atoms with Gasteiger partial charge in [-0.3, -0.25) is 19.3 Å². The van der Waals surface area contributed by atoms with E-state index < -0.39 is 48.7 Å². The third-order valence-electron chi connectivity index (χ3n) is 4.35. The molecule has 0 aliphatic heterocycles. The summed E-state index contributed by atoms with van der Waals surface area (Å²) in [5.41, 5.74) is 11.1. The number of aliphatic hydroxyl groups is 1. The highest BCUT2D eigenvalue weighted by atomic mass is 32.2. The minimum Gasteiger partial charge on any atom is -0.480 e. The SMILES string of the molecule is CC(C)C[C@H](N)C(=O)N(CCCOCC(O)C[S+](C)CC[C@H](N)C(=O)O)C(=O)C(F)(F)F. The van der Waals surface area contributed by atoms with Gasteiger partial charge in [0.2, 0.25) is 5.91 Å². The number of aliphatic carboxylic acids is 1. The van der Waals surface area contributed by atoms with E-state index in [-0.39, 0.29) is 54.2 Å². The second-order valence-corrected chi connectivity index (χ2v) is 10.3. The van der Waals surface area contributed by atoms with Crippen molar-refractivity contribution in [3.63, 3.8) is 0 Å². The Bertz CT molecular complexity index is 609. The number of carboxylic acids is 1. The summed E-state index contributed by atoms with van der Waals surface area (Å²) in [6.07, 6.45) is -3.84. The molecule has 0 bridgehead atoms. The van der Waals surface area contributed by atoms with E-state index in [4.69, 9.17) is 21.3 Å². The van der Waals surface area contributed by atoms with Gasteiger partial charge < -0.3 is 26.4 Å². The summed E-state index contributed by atoms with van der Waals surface area (Å²) in [4.78, 5) is 34.7. The van der Waals surface area contributed by atoms with Gasteiger partial charge in [-0.25, -0.2) is 0 Å². The first-order valence-electron chi connectivity index (χ1n) is 10.2. The number of halogens is 3. The molecule has 32 heavy (non-hydrogen) atoms. The predicted octanol–water partition coefficient (Wildman–Crippen LogP) is 0.0950. The lowest BCUT2D eigenvalue weighted by atomic mass is 10.0. The molecule has 2 amide bonds. The van der Waals surface area contributed by atoms with E-state index in [1.807, 2.05) is 6.26 Å². The van der Waals surface area contributed by atoms with E-state index in [9.17, 15) is 32.7 Å². The van der Waals surface area contributed by atoms with Crippen LogP contribution in [0.2, 0.25) is 0 Å². The molecule has 0 radical (unpaired) electrons. The van der Waals surface area contributed by atoms with E-state index in [0.29, 0.717) is 11.5 Å². The molecule has 0 saturated heterocycles. The number of alkyl halides is 3. The van der Waals surface area contributed by atoms with Crippen LogP contribution >= 0.6 is 0 Å². The quantitative estimate of drug-likeness (QED) is 0.186. The fourth-order valence-corrected chi connectivity index (χ4v) is 4.31. The van der Waals surface area contributed by atoms with Crippen LogP contribution in [-0.4, -0.2) is 94.8 Å². The van der Waals surface area contributed by atoms with Crippen molar-refractivity contribution in [2.24, 2.45) is 17.4 Å². The van der Waals surface area contributed by atoms with Crippen molar-refractivity contribution in [1.29, 1.82) is 0 Å². The van der Waals surface area contributed by atoms with Gasteiger partial charge >= 0.3 is 18.1 Å². The van der Waals surface area contributed by atoms with Gasteiger partial charge in [0.25, 0.3) is 0 Å². The summed E-state index contributed by atoms with van der Waals surface area (Å²) in [6, 6.07) is -2.18. The largest absolute Gasteiger partial charge is 0.480 e. The van der Waals surface area contributed by atoms with Gasteiger partial charge in [0.15, 0.2) is 0 Å². The van der Waals surface area contributed by atoms with Crippen molar-refractivity contribution in [3.05, 3.63) is 0 Å². The maximum Gasteiger partial charge on any atom is 0.471 e. The molecule has 0 fully saturated rings. The minimum absolute atomic E-state index is 0.0374. The number of ether oxygens (including phenoxy) is 1. The molecule has 0 aromatic heterocycles. The monoisotopic (exact) mass is 490 g/mol. The van der Waals surface area contributed by atoms with E-state index in [2.05, 4.69) is 0 Å². The Kier molecular flexibility index (Phi) is 14.0. The third kappa shape index (κ3) is 12.6. The summed E-state index contributed by atoms with van der Waals surface area (Å²) in [5, 5.41) is 18.8.